The Balaban J connectivity index is 2.45. The second kappa shape index (κ2) is 9.72. The van der Waals surface area contributed by atoms with Gasteiger partial charge >= 0.3 is 0 Å². The fourth-order valence-electron chi connectivity index (χ4n) is 1.79. The molecule has 5 nitrogen and oxygen atoms in total. The van der Waals surface area contributed by atoms with E-state index >= 15 is 0 Å². The number of aliphatic hydroxyl groups excluding tert-OH is 1. The van der Waals surface area contributed by atoms with Gasteiger partial charge in [-0.1, -0.05) is 23.7 Å². The molecule has 3 N–H and O–H groups in total. The van der Waals surface area contributed by atoms with E-state index in [9.17, 15) is 4.79 Å². The normalized spacial score (nSPS) is 12.2. The summed E-state index contributed by atoms with van der Waals surface area (Å²) < 4.78 is 5.54. The van der Waals surface area contributed by atoms with E-state index in [0.29, 0.717) is 24.5 Å². The molecule has 1 amide bonds. The summed E-state index contributed by atoms with van der Waals surface area (Å²) in [7, 11) is 0. The van der Waals surface area contributed by atoms with Gasteiger partial charge in [-0.3, -0.25) is 10.0 Å². The van der Waals surface area contributed by atoms with Gasteiger partial charge in [0.15, 0.2) is 0 Å². The standard InChI is InChI=1S/C14H20ClNO4/c15-12-5-2-11(3-6-12)4-7-13(10-14(18)16-19)20-9-1-8-17/h2-3,5-6,13,17,19H,1,4,7-10H2,(H,16,18). The first-order chi connectivity index (χ1) is 9.65. The number of rotatable bonds is 9. The Morgan fingerprint density at radius 3 is 2.65 bits per heavy atom. The predicted octanol–water partition coefficient (Wildman–Crippen LogP) is 1.94. The molecule has 1 aromatic rings. The molecular formula is C14H20ClNO4. The first-order valence-corrected chi connectivity index (χ1v) is 6.93. The number of hydroxylamine groups is 1. The Kier molecular flexibility index (Phi) is 8.22. The topological polar surface area (TPSA) is 78.8 Å². The van der Waals surface area contributed by atoms with Crippen molar-refractivity contribution in [3.05, 3.63) is 34.9 Å². The van der Waals surface area contributed by atoms with Crippen molar-refractivity contribution >= 4 is 17.5 Å². The number of amides is 1. The second-order valence-corrected chi connectivity index (χ2v) is 4.91. The van der Waals surface area contributed by atoms with Crippen molar-refractivity contribution in [1.82, 2.24) is 5.48 Å². The van der Waals surface area contributed by atoms with Gasteiger partial charge < -0.3 is 9.84 Å². The molecule has 1 rings (SSSR count). The van der Waals surface area contributed by atoms with Gasteiger partial charge in [-0.25, -0.2) is 5.48 Å². The number of nitrogens with one attached hydrogen (secondary N) is 1. The number of carbonyl (C=O) groups excluding carboxylic acids is 1. The number of carbonyl (C=O) groups is 1. The Labute approximate surface area is 123 Å². The molecule has 0 aliphatic heterocycles. The highest BCUT2D eigenvalue weighted by atomic mass is 35.5. The third-order valence-corrected chi connectivity index (χ3v) is 3.11. The van der Waals surface area contributed by atoms with Gasteiger partial charge in [0.2, 0.25) is 5.91 Å². The van der Waals surface area contributed by atoms with Crippen molar-refractivity contribution in [2.45, 2.75) is 31.8 Å². The van der Waals surface area contributed by atoms with E-state index in [2.05, 4.69) is 0 Å². The molecule has 0 fully saturated rings. The zero-order valence-corrected chi connectivity index (χ0v) is 12.0. The smallest absolute Gasteiger partial charge is 0.245 e. The molecule has 1 atom stereocenters. The number of ether oxygens (including phenoxy) is 1. The summed E-state index contributed by atoms with van der Waals surface area (Å²) in [5.74, 6) is -0.477. The highest BCUT2D eigenvalue weighted by molar-refractivity contribution is 6.30. The lowest BCUT2D eigenvalue weighted by atomic mass is 10.0. The van der Waals surface area contributed by atoms with Crippen LogP contribution in [0.15, 0.2) is 24.3 Å². The van der Waals surface area contributed by atoms with Crippen molar-refractivity contribution < 1.29 is 19.8 Å². The molecule has 0 heterocycles. The van der Waals surface area contributed by atoms with E-state index in [1.54, 1.807) is 5.48 Å². The third-order valence-electron chi connectivity index (χ3n) is 2.86. The molecule has 1 unspecified atom stereocenters. The SMILES string of the molecule is O=C(CC(CCc1ccc(Cl)cc1)OCCCO)NO. The molecule has 0 aliphatic carbocycles. The molecule has 0 aromatic heterocycles. The largest absolute Gasteiger partial charge is 0.396 e. The first-order valence-electron chi connectivity index (χ1n) is 6.55. The molecular weight excluding hydrogens is 282 g/mol. The number of aryl methyl sites for hydroxylation is 1. The molecule has 0 spiro atoms. The highest BCUT2D eigenvalue weighted by Gasteiger charge is 2.14. The van der Waals surface area contributed by atoms with Crippen LogP contribution in [0.25, 0.3) is 0 Å². The summed E-state index contributed by atoms with van der Waals surface area (Å²) >= 11 is 5.82. The lowest BCUT2D eigenvalue weighted by molar-refractivity contribution is -0.132. The van der Waals surface area contributed by atoms with Crippen LogP contribution in [-0.2, 0) is 16.0 Å². The summed E-state index contributed by atoms with van der Waals surface area (Å²) in [6.07, 6.45) is 1.73. The maximum atomic E-state index is 11.2. The van der Waals surface area contributed by atoms with Gasteiger partial charge in [0.25, 0.3) is 0 Å². The number of hydrogen-bond acceptors (Lipinski definition) is 4. The average molecular weight is 302 g/mol. The molecule has 0 saturated carbocycles. The summed E-state index contributed by atoms with van der Waals surface area (Å²) in [6, 6.07) is 7.50. The van der Waals surface area contributed by atoms with Gasteiger partial charge in [-0.2, -0.15) is 0 Å². The van der Waals surface area contributed by atoms with Crippen LogP contribution in [0.5, 0.6) is 0 Å². The van der Waals surface area contributed by atoms with E-state index in [1.807, 2.05) is 24.3 Å². The van der Waals surface area contributed by atoms with Crippen LogP contribution in [0.2, 0.25) is 5.02 Å². The van der Waals surface area contributed by atoms with E-state index in [-0.39, 0.29) is 19.1 Å². The van der Waals surface area contributed by atoms with E-state index in [4.69, 9.17) is 26.7 Å². The van der Waals surface area contributed by atoms with E-state index in [1.165, 1.54) is 0 Å². The summed E-state index contributed by atoms with van der Waals surface area (Å²) in [5.41, 5.74) is 2.71. The molecule has 6 heteroatoms. The Bertz CT molecular complexity index is 397. The maximum Gasteiger partial charge on any atom is 0.245 e. The number of benzene rings is 1. The van der Waals surface area contributed by atoms with Crippen LogP contribution in [0.1, 0.15) is 24.8 Å². The van der Waals surface area contributed by atoms with Crippen molar-refractivity contribution in [2.75, 3.05) is 13.2 Å². The summed E-state index contributed by atoms with van der Waals surface area (Å²) in [4.78, 5) is 11.2. The van der Waals surface area contributed by atoms with E-state index < -0.39 is 5.91 Å². The zero-order valence-electron chi connectivity index (χ0n) is 11.2. The van der Waals surface area contributed by atoms with Crippen molar-refractivity contribution in [1.29, 1.82) is 0 Å². The highest BCUT2D eigenvalue weighted by Crippen LogP contribution is 2.14. The van der Waals surface area contributed by atoms with Crippen molar-refractivity contribution in [2.24, 2.45) is 0 Å². The number of halogens is 1. The van der Waals surface area contributed by atoms with Gasteiger partial charge in [0.1, 0.15) is 0 Å². The molecule has 0 bridgehead atoms. The minimum absolute atomic E-state index is 0.0517. The Morgan fingerprint density at radius 2 is 2.05 bits per heavy atom. The van der Waals surface area contributed by atoms with E-state index in [0.717, 1.165) is 12.0 Å². The summed E-state index contributed by atoms with van der Waals surface area (Å²) in [6.45, 7) is 0.441. The zero-order chi connectivity index (χ0) is 14.8. The van der Waals surface area contributed by atoms with Crippen LogP contribution in [0.4, 0.5) is 0 Å². The first kappa shape index (κ1) is 16.9. The van der Waals surface area contributed by atoms with Gasteiger partial charge in [-0.05, 0) is 37.0 Å². The van der Waals surface area contributed by atoms with Crippen LogP contribution in [0.3, 0.4) is 0 Å². The van der Waals surface area contributed by atoms with Gasteiger partial charge in [-0.15, -0.1) is 0 Å². The quantitative estimate of drug-likeness (QED) is 0.370. The monoisotopic (exact) mass is 301 g/mol. The van der Waals surface area contributed by atoms with Gasteiger partial charge in [0, 0.05) is 18.2 Å². The van der Waals surface area contributed by atoms with Crippen LogP contribution >= 0.6 is 11.6 Å². The predicted molar refractivity (Wildman–Crippen MR) is 75.8 cm³/mol. The lowest BCUT2D eigenvalue weighted by Crippen LogP contribution is -2.27. The minimum Gasteiger partial charge on any atom is -0.396 e. The average Bonchev–Trinajstić information content (AvgIpc) is 2.46. The third kappa shape index (κ3) is 6.86. The van der Waals surface area contributed by atoms with Crippen LogP contribution in [-0.4, -0.2) is 35.5 Å². The molecule has 0 radical (unpaired) electrons. The number of hydrogen-bond donors (Lipinski definition) is 3. The van der Waals surface area contributed by atoms with Crippen LogP contribution < -0.4 is 5.48 Å². The Morgan fingerprint density at radius 1 is 1.35 bits per heavy atom. The van der Waals surface area contributed by atoms with Crippen LogP contribution in [0, 0.1) is 0 Å². The molecule has 112 valence electrons. The molecule has 20 heavy (non-hydrogen) atoms. The van der Waals surface area contributed by atoms with Crippen molar-refractivity contribution in [3.8, 4) is 0 Å². The maximum absolute atomic E-state index is 11.2. The number of aliphatic hydroxyl groups is 1. The fourth-order valence-corrected chi connectivity index (χ4v) is 1.92. The lowest BCUT2D eigenvalue weighted by Gasteiger charge is -2.16. The molecule has 0 aliphatic rings. The second-order valence-electron chi connectivity index (χ2n) is 4.47. The summed E-state index contributed by atoms with van der Waals surface area (Å²) in [5, 5.41) is 18.0. The molecule has 1 aromatic carbocycles. The minimum atomic E-state index is -0.477. The van der Waals surface area contributed by atoms with Crippen molar-refractivity contribution in [3.63, 3.8) is 0 Å². The Hall–Kier alpha value is -1.14. The fraction of sp³-hybridized carbons (Fsp3) is 0.500. The molecule has 0 saturated heterocycles. The van der Waals surface area contributed by atoms with Gasteiger partial charge in [0.05, 0.1) is 12.5 Å².